The number of ether oxygens (including phenoxy) is 1. The molecule has 5 nitrogen and oxygen atoms in total. The second-order valence-electron chi connectivity index (χ2n) is 6.49. The van der Waals surface area contributed by atoms with Crippen molar-refractivity contribution in [2.75, 3.05) is 0 Å². The van der Waals surface area contributed by atoms with Crippen LogP contribution < -0.4 is 4.74 Å². The summed E-state index contributed by atoms with van der Waals surface area (Å²) in [5.74, 6) is -1.97. The molecule has 0 aromatic heterocycles. The fourth-order valence-corrected chi connectivity index (χ4v) is 2.46. The molecule has 132 valence electrons. The first-order valence-corrected chi connectivity index (χ1v) is 8.06. The number of aliphatic carboxylic acids is 2. The number of carboxylic acid groups (broad SMARTS) is 2. The van der Waals surface area contributed by atoms with Gasteiger partial charge in [0, 0.05) is 0 Å². The third kappa shape index (κ3) is 5.35. The number of rotatable bonds is 8. The molecule has 0 heterocycles. The summed E-state index contributed by atoms with van der Waals surface area (Å²) >= 11 is 0. The van der Waals surface area contributed by atoms with Crippen LogP contribution in [-0.2, 0) is 22.4 Å². The fraction of sp³-hybridized carbons (Fsp3) is 0.300. The van der Waals surface area contributed by atoms with Gasteiger partial charge in [0.25, 0.3) is 0 Å². The predicted molar refractivity (Wildman–Crippen MR) is 93.8 cm³/mol. The zero-order chi connectivity index (χ0) is 18.4. The highest BCUT2D eigenvalue weighted by Crippen LogP contribution is 2.21. The maximum absolute atomic E-state index is 11.5. The van der Waals surface area contributed by atoms with Crippen molar-refractivity contribution in [3.05, 3.63) is 65.7 Å². The second-order valence-corrected chi connectivity index (χ2v) is 6.49. The van der Waals surface area contributed by atoms with E-state index < -0.39 is 23.5 Å². The topological polar surface area (TPSA) is 83.8 Å². The van der Waals surface area contributed by atoms with Crippen LogP contribution in [-0.4, -0.2) is 27.8 Å². The lowest BCUT2D eigenvalue weighted by Gasteiger charge is -2.21. The molecule has 0 amide bonds. The molecule has 0 aliphatic carbocycles. The van der Waals surface area contributed by atoms with Gasteiger partial charge in [-0.25, -0.2) is 4.79 Å². The van der Waals surface area contributed by atoms with Gasteiger partial charge < -0.3 is 14.9 Å². The van der Waals surface area contributed by atoms with E-state index in [1.807, 2.05) is 30.3 Å². The average molecular weight is 342 g/mol. The van der Waals surface area contributed by atoms with Gasteiger partial charge in [0.15, 0.2) is 5.60 Å². The molecule has 0 saturated carbocycles. The number of hydrogen-bond donors (Lipinski definition) is 2. The molecule has 1 unspecified atom stereocenters. The van der Waals surface area contributed by atoms with E-state index in [1.54, 1.807) is 24.3 Å². The van der Waals surface area contributed by atoms with Crippen molar-refractivity contribution in [3.8, 4) is 5.75 Å². The minimum atomic E-state index is -1.32. The van der Waals surface area contributed by atoms with Crippen LogP contribution in [0.1, 0.15) is 25.0 Å². The molecule has 0 aliphatic heterocycles. The molecule has 0 fully saturated rings. The lowest BCUT2D eigenvalue weighted by molar-refractivity contribution is -0.152. The van der Waals surface area contributed by atoms with Gasteiger partial charge in [-0.1, -0.05) is 42.5 Å². The molecule has 0 aliphatic rings. The molecule has 5 heteroatoms. The van der Waals surface area contributed by atoms with E-state index in [-0.39, 0.29) is 0 Å². The number of benzene rings is 2. The van der Waals surface area contributed by atoms with Crippen molar-refractivity contribution in [3.63, 3.8) is 0 Å². The van der Waals surface area contributed by atoms with Crippen molar-refractivity contribution in [1.29, 1.82) is 0 Å². The summed E-state index contributed by atoms with van der Waals surface area (Å²) in [5, 5.41) is 18.6. The minimum absolute atomic E-state index is 0.396. The van der Waals surface area contributed by atoms with Crippen LogP contribution in [0.3, 0.4) is 0 Å². The van der Waals surface area contributed by atoms with Crippen LogP contribution >= 0.6 is 0 Å². The van der Waals surface area contributed by atoms with Crippen LogP contribution in [0.4, 0.5) is 0 Å². The van der Waals surface area contributed by atoms with E-state index in [2.05, 4.69) is 0 Å². The average Bonchev–Trinajstić information content (AvgIpc) is 2.56. The zero-order valence-corrected chi connectivity index (χ0v) is 14.3. The van der Waals surface area contributed by atoms with Crippen LogP contribution in [0.15, 0.2) is 54.6 Å². The van der Waals surface area contributed by atoms with Gasteiger partial charge in [-0.2, -0.15) is 0 Å². The SMILES string of the molecule is CC(C)(Oc1ccc(CC(Cc2ccccc2)C(=O)O)cc1)C(=O)O. The molecular formula is C20H22O5. The summed E-state index contributed by atoms with van der Waals surface area (Å²) < 4.78 is 5.45. The third-order valence-electron chi connectivity index (χ3n) is 3.97. The van der Waals surface area contributed by atoms with Crippen LogP contribution in [0.25, 0.3) is 0 Å². The molecule has 0 spiro atoms. The van der Waals surface area contributed by atoms with Gasteiger partial charge in [-0.15, -0.1) is 0 Å². The Bertz CT molecular complexity index is 720. The second kappa shape index (κ2) is 7.83. The van der Waals surface area contributed by atoms with E-state index in [0.717, 1.165) is 11.1 Å². The van der Waals surface area contributed by atoms with Crippen molar-refractivity contribution in [2.45, 2.75) is 32.3 Å². The van der Waals surface area contributed by atoms with E-state index in [9.17, 15) is 14.7 Å². The first kappa shape index (κ1) is 18.5. The first-order chi connectivity index (χ1) is 11.8. The third-order valence-corrected chi connectivity index (χ3v) is 3.97. The largest absolute Gasteiger partial charge is 0.481 e. The molecule has 2 rings (SSSR count). The molecule has 1 atom stereocenters. The van der Waals surface area contributed by atoms with E-state index >= 15 is 0 Å². The molecule has 25 heavy (non-hydrogen) atoms. The van der Waals surface area contributed by atoms with E-state index in [0.29, 0.717) is 18.6 Å². The Morgan fingerprint density at radius 2 is 1.44 bits per heavy atom. The van der Waals surface area contributed by atoms with Gasteiger partial charge in [0.1, 0.15) is 5.75 Å². The molecule has 2 N–H and O–H groups in total. The number of carbonyl (C=O) groups is 2. The summed E-state index contributed by atoms with van der Waals surface area (Å²) in [6.45, 7) is 2.95. The predicted octanol–water partition coefficient (Wildman–Crippen LogP) is 3.41. The molecule has 0 radical (unpaired) electrons. The number of hydrogen-bond acceptors (Lipinski definition) is 3. The van der Waals surface area contributed by atoms with Crippen molar-refractivity contribution >= 4 is 11.9 Å². The molecule has 0 saturated heterocycles. The Labute approximate surface area is 146 Å². The summed E-state index contributed by atoms with van der Waals surface area (Å²) in [5.41, 5.74) is 0.528. The highest BCUT2D eigenvalue weighted by molar-refractivity contribution is 5.76. The van der Waals surface area contributed by atoms with Crippen LogP contribution in [0, 0.1) is 5.92 Å². The summed E-state index contributed by atoms with van der Waals surface area (Å²) in [6, 6.07) is 16.4. The van der Waals surface area contributed by atoms with E-state index in [1.165, 1.54) is 13.8 Å². The lowest BCUT2D eigenvalue weighted by atomic mass is 9.92. The minimum Gasteiger partial charge on any atom is -0.481 e. The Kier molecular flexibility index (Phi) is 5.80. The van der Waals surface area contributed by atoms with Crippen molar-refractivity contribution < 1.29 is 24.5 Å². The lowest BCUT2D eigenvalue weighted by Crippen LogP contribution is -2.37. The fourth-order valence-electron chi connectivity index (χ4n) is 2.46. The Balaban J connectivity index is 2.05. The summed E-state index contributed by atoms with van der Waals surface area (Å²) in [6.07, 6.45) is 0.854. The van der Waals surface area contributed by atoms with Gasteiger partial charge in [-0.3, -0.25) is 4.79 Å². The van der Waals surface area contributed by atoms with Gasteiger partial charge >= 0.3 is 11.9 Å². The first-order valence-electron chi connectivity index (χ1n) is 8.06. The maximum Gasteiger partial charge on any atom is 0.347 e. The standard InChI is InChI=1S/C20H22O5/c1-20(2,19(23)24)25-17-10-8-15(9-11-17)13-16(18(21)22)12-14-6-4-3-5-7-14/h3-11,16H,12-13H2,1-2H3,(H,21,22)(H,23,24). The molecular weight excluding hydrogens is 320 g/mol. The van der Waals surface area contributed by atoms with E-state index in [4.69, 9.17) is 9.84 Å². The van der Waals surface area contributed by atoms with Crippen LogP contribution in [0.5, 0.6) is 5.75 Å². The summed E-state index contributed by atoms with van der Waals surface area (Å²) in [7, 11) is 0. The molecule has 0 bridgehead atoms. The van der Waals surface area contributed by atoms with Gasteiger partial charge in [0.05, 0.1) is 5.92 Å². The Morgan fingerprint density at radius 1 is 0.920 bits per heavy atom. The summed E-state index contributed by atoms with van der Waals surface area (Å²) in [4.78, 5) is 22.6. The van der Waals surface area contributed by atoms with Crippen molar-refractivity contribution in [2.24, 2.45) is 5.92 Å². The van der Waals surface area contributed by atoms with Crippen LogP contribution in [0.2, 0.25) is 0 Å². The van der Waals surface area contributed by atoms with Gasteiger partial charge in [0.2, 0.25) is 0 Å². The Morgan fingerprint density at radius 3 is 1.92 bits per heavy atom. The zero-order valence-electron chi connectivity index (χ0n) is 14.3. The number of carboxylic acids is 2. The Hall–Kier alpha value is -2.82. The molecule has 2 aromatic rings. The smallest absolute Gasteiger partial charge is 0.347 e. The highest BCUT2D eigenvalue weighted by Gasteiger charge is 2.29. The molecule has 2 aromatic carbocycles. The monoisotopic (exact) mass is 342 g/mol. The highest BCUT2D eigenvalue weighted by atomic mass is 16.5. The van der Waals surface area contributed by atoms with Crippen molar-refractivity contribution in [1.82, 2.24) is 0 Å². The normalized spacial score (nSPS) is 12.4. The van der Waals surface area contributed by atoms with Gasteiger partial charge in [-0.05, 0) is 49.9 Å². The quantitative estimate of drug-likeness (QED) is 0.768. The maximum atomic E-state index is 11.5.